The molecule has 0 heterocycles. The van der Waals surface area contributed by atoms with Gasteiger partial charge in [0.05, 0.1) is 0 Å². The minimum absolute atomic E-state index is 0.0366. The zero-order valence-electron chi connectivity index (χ0n) is 6.20. The van der Waals surface area contributed by atoms with Crippen molar-refractivity contribution in [1.29, 1.82) is 0 Å². The highest BCUT2D eigenvalue weighted by Gasteiger charge is 2.11. The lowest BCUT2D eigenvalue weighted by atomic mass is 10.2. The number of nitrogens with one attached hydrogen (secondary N) is 1. The molecule has 1 atom stereocenters. The summed E-state index contributed by atoms with van der Waals surface area (Å²) >= 11 is 0. The fourth-order valence-electron chi connectivity index (χ4n) is 0.508. The molecule has 0 bridgehead atoms. The van der Waals surface area contributed by atoms with Gasteiger partial charge in [-0.25, -0.2) is 4.79 Å². The van der Waals surface area contributed by atoms with E-state index in [-0.39, 0.29) is 18.9 Å². The molecule has 3 N–H and O–H groups in total. The van der Waals surface area contributed by atoms with Gasteiger partial charge in [0.15, 0.2) is 6.10 Å². The van der Waals surface area contributed by atoms with Gasteiger partial charge in [0.25, 0.3) is 0 Å². The van der Waals surface area contributed by atoms with Crippen LogP contribution in [0.25, 0.3) is 0 Å². The van der Waals surface area contributed by atoms with Gasteiger partial charge < -0.3 is 15.5 Å². The Labute approximate surface area is 64.0 Å². The van der Waals surface area contributed by atoms with Gasteiger partial charge in [-0.05, 0) is 0 Å². The first-order valence-corrected chi connectivity index (χ1v) is 3.19. The lowest BCUT2D eigenvalue weighted by Gasteiger charge is -2.04. The Morgan fingerprint density at radius 1 is 1.55 bits per heavy atom. The quantitative estimate of drug-likeness (QED) is 0.491. The van der Waals surface area contributed by atoms with Gasteiger partial charge in [0, 0.05) is 19.9 Å². The van der Waals surface area contributed by atoms with E-state index in [0.717, 1.165) is 0 Å². The van der Waals surface area contributed by atoms with Gasteiger partial charge in [-0.2, -0.15) is 0 Å². The van der Waals surface area contributed by atoms with E-state index >= 15 is 0 Å². The Morgan fingerprint density at radius 3 is 2.45 bits per heavy atom. The standard InChI is InChI=1S/C6H11NO4/c1-4(8)7-3-2-5(9)6(10)11/h5,9H,2-3H2,1H3,(H,7,8)(H,10,11). The normalized spacial score (nSPS) is 12.2. The van der Waals surface area contributed by atoms with E-state index in [1.165, 1.54) is 6.92 Å². The first-order valence-electron chi connectivity index (χ1n) is 3.19. The van der Waals surface area contributed by atoms with Crippen molar-refractivity contribution in [3.63, 3.8) is 0 Å². The predicted octanol–water partition coefficient (Wildman–Crippen LogP) is -1.04. The third kappa shape index (κ3) is 5.35. The van der Waals surface area contributed by atoms with Gasteiger partial charge in [-0.3, -0.25) is 4.79 Å². The minimum atomic E-state index is -1.39. The molecule has 0 radical (unpaired) electrons. The van der Waals surface area contributed by atoms with Crippen LogP contribution in [0.2, 0.25) is 0 Å². The molecule has 0 aliphatic heterocycles. The van der Waals surface area contributed by atoms with Crippen molar-refractivity contribution in [2.45, 2.75) is 19.4 Å². The Kier molecular flexibility index (Phi) is 4.21. The topological polar surface area (TPSA) is 86.6 Å². The van der Waals surface area contributed by atoms with Crippen LogP contribution in [0.3, 0.4) is 0 Å². The third-order valence-electron chi connectivity index (χ3n) is 1.08. The number of hydrogen-bond donors (Lipinski definition) is 3. The van der Waals surface area contributed by atoms with Crippen LogP contribution >= 0.6 is 0 Å². The van der Waals surface area contributed by atoms with Crippen LogP contribution in [0.5, 0.6) is 0 Å². The number of amides is 1. The molecule has 0 saturated carbocycles. The van der Waals surface area contributed by atoms with Crippen molar-refractivity contribution in [1.82, 2.24) is 5.32 Å². The molecule has 5 heteroatoms. The maximum absolute atomic E-state index is 10.3. The largest absolute Gasteiger partial charge is 0.479 e. The van der Waals surface area contributed by atoms with Gasteiger partial charge >= 0.3 is 5.97 Å². The smallest absolute Gasteiger partial charge is 0.332 e. The number of hydrogen-bond acceptors (Lipinski definition) is 3. The number of carbonyl (C=O) groups excluding carboxylic acids is 1. The first kappa shape index (κ1) is 9.90. The third-order valence-corrected chi connectivity index (χ3v) is 1.08. The average Bonchev–Trinajstić information content (AvgIpc) is 1.86. The maximum Gasteiger partial charge on any atom is 0.332 e. The molecule has 1 amide bonds. The zero-order chi connectivity index (χ0) is 8.85. The monoisotopic (exact) mass is 161 g/mol. The summed E-state index contributed by atoms with van der Waals surface area (Å²) in [4.78, 5) is 20.3. The lowest BCUT2D eigenvalue weighted by Crippen LogP contribution is -2.28. The zero-order valence-corrected chi connectivity index (χ0v) is 6.20. The van der Waals surface area contributed by atoms with Crippen molar-refractivity contribution in [3.8, 4) is 0 Å². The predicted molar refractivity (Wildman–Crippen MR) is 36.9 cm³/mol. The number of rotatable bonds is 4. The molecule has 5 nitrogen and oxygen atoms in total. The van der Waals surface area contributed by atoms with Crippen molar-refractivity contribution in [3.05, 3.63) is 0 Å². The maximum atomic E-state index is 10.3. The average molecular weight is 161 g/mol. The number of aliphatic carboxylic acids is 1. The highest BCUT2D eigenvalue weighted by Crippen LogP contribution is 1.88. The summed E-state index contributed by atoms with van der Waals surface area (Å²) in [5, 5.41) is 19.2. The molecule has 1 unspecified atom stereocenters. The van der Waals surface area contributed by atoms with E-state index in [1.807, 2.05) is 0 Å². The fraction of sp³-hybridized carbons (Fsp3) is 0.667. The molecular formula is C6H11NO4. The lowest BCUT2D eigenvalue weighted by molar-refractivity contribution is -0.147. The SMILES string of the molecule is CC(=O)NCCC(O)C(=O)O. The molecule has 0 aromatic carbocycles. The second kappa shape index (κ2) is 4.68. The Morgan fingerprint density at radius 2 is 2.09 bits per heavy atom. The van der Waals surface area contributed by atoms with E-state index in [2.05, 4.69) is 5.32 Å². The molecule has 0 rings (SSSR count). The summed E-state index contributed by atoms with van der Waals surface area (Å²) in [5.41, 5.74) is 0. The minimum Gasteiger partial charge on any atom is -0.479 e. The molecule has 64 valence electrons. The second-order valence-corrected chi connectivity index (χ2v) is 2.13. The number of carboxylic acids is 1. The molecule has 0 fully saturated rings. The number of carbonyl (C=O) groups is 2. The number of carboxylic acid groups (broad SMARTS) is 1. The summed E-state index contributed by atoms with van der Waals surface area (Å²) < 4.78 is 0. The Bertz CT molecular complexity index is 157. The van der Waals surface area contributed by atoms with E-state index in [9.17, 15) is 9.59 Å². The van der Waals surface area contributed by atoms with E-state index in [4.69, 9.17) is 10.2 Å². The summed E-state index contributed by atoms with van der Waals surface area (Å²) in [5.74, 6) is -1.50. The summed E-state index contributed by atoms with van der Waals surface area (Å²) in [7, 11) is 0. The molecule has 0 aromatic rings. The van der Waals surface area contributed by atoms with Crippen LogP contribution in [0.4, 0.5) is 0 Å². The van der Waals surface area contributed by atoms with Crippen molar-refractivity contribution in [2.24, 2.45) is 0 Å². The molecule has 0 aromatic heterocycles. The van der Waals surface area contributed by atoms with E-state index in [0.29, 0.717) is 0 Å². The fourth-order valence-corrected chi connectivity index (χ4v) is 0.508. The second-order valence-electron chi connectivity index (χ2n) is 2.13. The van der Waals surface area contributed by atoms with Crippen LogP contribution in [0.15, 0.2) is 0 Å². The van der Waals surface area contributed by atoms with E-state index in [1.54, 1.807) is 0 Å². The van der Waals surface area contributed by atoms with Gasteiger partial charge in [-0.15, -0.1) is 0 Å². The van der Waals surface area contributed by atoms with Crippen LogP contribution in [0, 0.1) is 0 Å². The Hall–Kier alpha value is -1.10. The number of aliphatic hydroxyl groups is 1. The van der Waals surface area contributed by atoms with Crippen LogP contribution < -0.4 is 5.32 Å². The van der Waals surface area contributed by atoms with Crippen LogP contribution in [-0.2, 0) is 9.59 Å². The Balaban J connectivity index is 3.39. The van der Waals surface area contributed by atoms with Crippen LogP contribution in [0.1, 0.15) is 13.3 Å². The highest BCUT2D eigenvalue weighted by atomic mass is 16.4. The van der Waals surface area contributed by atoms with Crippen molar-refractivity contribution in [2.75, 3.05) is 6.54 Å². The highest BCUT2D eigenvalue weighted by molar-refractivity contribution is 5.73. The summed E-state index contributed by atoms with van der Waals surface area (Å²) in [6, 6.07) is 0. The molecule has 0 spiro atoms. The first-order chi connectivity index (χ1) is 5.04. The van der Waals surface area contributed by atoms with E-state index < -0.39 is 12.1 Å². The summed E-state index contributed by atoms with van der Waals surface area (Å²) in [6.45, 7) is 1.51. The molecule has 0 saturated heterocycles. The molecule has 0 aliphatic rings. The van der Waals surface area contributed by atoms with Gasteiger partial charge in [0.2, 0.25) is 5.91 Å². The van der Waals surface area contributed by atoms with Crippen molar-refractivity contribution < 1.29 is 19.8 Å². The molecule has 11 heavy (non-hydrogen) atoms. The van der Waals surface area contributed by atoms with Gasteiger partial charge in [0.1, 0.15) is 0 Å². The van der Waals surface area contributed by atoms with Crippen molar-refractivity contribution >= 4 is 11.9 Å². The molecular weight excluding hydrogens is 150 g/mol. The number of aliphatic hydroxyl groups excluding tert-OH is 1. The van der Waals surface area contributed by atoms with Crippen LogP contribution in [-0.4, -0.2) is 34.7 Å². The van der Waals surface area contributed by atoms with Gasteiger partial charge in [-0.1, -0.05) is 0 Å². The molecule has 0 aliphatic carbocycles. The summed E-state index contributed by atoms with van der Waals surface area (Å²) in [6.07, 6.45) is -1.35.